The van der Waals surface area contributed by atoms with Gasteiger partial charge < -0.3 is 0 Å². The van der Waals surface area contributed by atoms with Crippen molar-refractivity contribution in [3.05, 3.63) is 54.2 Å². The van der Waals surface area contributed by atoms with E-state index >= 15 is 0 Å². The molecule has 1 heterocycles. The molecule has 0 unspecified atom stereocenters. The normalized spacial score (nSPS) is 9.71. The van der Waals surface area contributed by atoms with Crippen LogP contribution in [0, 0.1) is 0 Å². The van der Waals surface area contributed by atoms with Crippen LogP contribution in [0.1, 0.15) is 5.56 Å². The van der Waals surface area contributed by atoms with E-state index in [2.05, 4.69) is 4.98 Å². The van der Waals surface area contributed by atoms with Crippen molar-refractivity contribution in [2.45, 2.75) is 0 Å². The van der Waals surface area contributed by atoms with Gasteiger partial charge in [0.05, 0.1) is 5.69 Å². The maximum absolute atomic E-state index is 4.94. The van der Waals surface area contributed by atoms with Crippen molar-refractivity contribution in [1.82, 2.24) is 4.98 Å². The minimum Gasteiger partial charge on any atom is -0.256 e. The SMILES string of the molecule is S=Cc1cccnc1-c1ccccc1. The van der Waals surface area contributed by atoms with Gasteiger partial charge in [-0.05, 0) is 6.07 Å². The summed E-state index contributed by atoms with van der Waals surface area (Å²) >= 11 is 4.94. The standard InChI is InChI=1S/C12H9NS/c14-9-11-7-4-8-13-12(11)10-5-2-1-3-6-10/h1-9H. The average Bonchev–Trinajstić information content (AvgIpc) is 2.30. The van der Waals surface area contributed by atoms with E-state index in [4.69, 9.17) is 12.2 Å². The van der Waals surface area contributed by atoms with Gasteiger partial charge in [0.25, 0.3) is 0 Å². The van der Waals surface area contributed by atoms with Gasteiger partial charge >= 0.3 is 0 Å². The van der Waals surface area contributed by atoms with E-state index in [0.717, 1.165) is 16.8 Å². The van der Waals surface area contributed by atoms with Gasteiger partial charge in [-0.15, -0.1) is 0 Å². The van der Waals surface area contributed by atoms with E-state index in [1.54, 1.807) is 11.6 Å². The van der Waals surface area contributed by atoms with Gasteiger partial charge in [0.2, 0.25) is 0 Å². The first-order valence-corrected chi connectivity index (χ1v) is 4.84. The number of pyridine rings is 1. The topological polar surface area (TPSA) is 12.9 Å². The van der Waals surface area contributed by atoms with Gasteiger partial charge in [-0.3, -0.25) is 4.98 Å². The molecule has 0 fully saturated rings. The van der Waals surface area contributed by atoms with E-state index in [-0.39, 0.29) is 0 Å². The molecule has 0 atom stereocenters. The zero-order chi connectivity index (χ0) is 9.80. The minimum absolute atomic E-state index is 0.947. The van der Waals surface area contributed by atoms with Crippen LogP contribution < -0.4 is 0 Å². The van der Waals surface area contributed by atoms with E-state index < -0.39 is 0 Å². The highest BCUT2D eigenvalue weighted by atomic mass is 32.1. The Bertz CT molecular complexity index is 437. The van der Waals surface area contributed by atoms with Gasteiger partial charge in [0, 0.05) is 22.7 Å². The highest BCUT2D eigenvalue weighted by molar-refractivity contribution is 7.79. The van der Waals surface area contributed by atoms with Crippen molar-refractivity contribution in [1.29, 1.82) is 0 Å². The molecule has 14 heavy (non-hydrogen) atoms. The number of thiocarbonyl (C=S) groups is 1. The monoisotopic (exact) mass is 199 g/mol. The Kier molecular flexibility index (Phi) is 2.65. The minimum atomic E-state index is 0.947. The fraction of sp³-hybridized carbons (Fsp3) is 0. The first kappa shape index (κ1) is 9.03. The van der Waals surface area contributed by atoms with Gasteiger partial charge in [-0.2, -0.15) is 0 Å². The fourth-order valence-electron chi connectivity index (χ4n) is 1.35. The van der Waals surface area contributed by atoms with E-state index in [1.807, 2.05) is 42.5 Å². The maximum atomic E-state index is 4.94. The summed E-state index contributed by atoms with van der Waals surface area (Å²) in [4.78, 5) is 4.32. The fourth-order valence-corrected chi connectivity index (χ4v) is 1.54. The molecular formula is C12H9NS. The summed E-state index contributed by atoms with van der Waals surface area (Å²) < 4.78 is 0. The molecule has 1 nitrogen and oxygen atoms in total. The molecule has 1 aromatic carbocycles. The predicted octanol–water partition coefficient (Wildman–Crippen LogP) is 3.10. The summed E-state index contributed by atoms with van der Waals surface area (Å²) in [6.07, 6.45) is 1.78. The second-order valence-corrected chi connectivity index (χ2v) is 3.16. The molecule has 0 amide bonds. The van der Waals surface area contributed by atoms with E-state index in [0.29, 0.717) is 0 Å². The van der Waals surface area contributed by atoms with Crippen LogP contribution in [0.15, 0.2) is 48.7 Å². The van der Waals surface area contributed by atoms with Crippen LogP contribution in [0.3, 0.4) is 0 Å². The smallest absolute Gasteiger partial charge is 0.0782 e. The highest BCUT2D eigenvalue weighted by Gasteiger charge is 2.01. The molecule has 68 valence electrons. The zero-order valence-corrected chi connectivity index (χ0v) is 8.37. The molecule has 0 aliphatic carbocycles. The molecule has 0 aliphatic rings. The summed E-state index contributed by atoms with van der Waals surface area (Å²) in [6, 6.07) is 13.9. The summed E-state index contributed by atoms with van der Waals surface area (Å²) in [7, 11) is 0. The molecule has 1 aromatic heterocycles. The van der Waals surface area contributed by atoms with Crippen LogP contribution in [-0.2, 0) is 0 Å². The predicted molar refractivity (Wildman–Crippen MR) is 62.4 cm³/mol. The van der Waals surface area contributed by atoms with Crippen molar-refractivity contribution in [3.8, 4) is 11.3 Å². The first-order valence-electron chi connectivity index (χ1n) is 4.37. The van der Waals surface area contributed by atoms with Crippen LogP contribution in [0.25, 0.3) is 11.3 Å². The van der Waals surface area contributed by atoms with Crippen molar-refractivity contribution < 1.29 is 0 Å². The number of benzene rings is 1. The lowest BCUT2D eigenvalue weighted by Crippen LogP contribution is -1.89. The number of hydrogen-bond acceptors (Lipinski definition) is 2. The Morgan fingerprint density at radius 1 is 1.00 bits per heavy atom. The molecule has 0 aliphatic heterocycles. The lowest BCUT2D eigenvalue weighted by atomic mass is 10.1. The lowest BCUT2D eigenvalue weighted by molar-refractivity contribution is 1.32. The number of aromatic nitrogens is 1. The van der Waals surface area contributed by atoms with Crippen LogP contribution in [0.4, 0.5) is 0 Å². The van der Waals surface area contributed by atoms with Gasteiger partial charge in [0.1, 0.15) is 0 Å². The quantitative estimate of drug-likeness (QED) is 0.689. The molecule has 0 N–H and O–H groups in total. The van der Waals surface area contributed by atoms with Crippen molar-refractivity contribution >= 4 is 17.6 Å². The van der Waals surface area contributed by atoms with Gasteiger partial charge in [0.15, 0.2) is 0 Å². The summed E-state index contributed by atoms with van der Waals surface area (Å²) in [5, 5.41) is 1.66. The van der Waals surface area contributed by atoms with Crippen LogP contribution in [0.5, 0.6) is 0 Å². The maximum Gasteiger partial charge on any atom is 0.0782 e. The summed E-state index contributed by atoms with van der Waals surface area (Å²) in [5.41, 5.74) is 3.04. The first-order chi connectivity index (χ1) is 6.92. The lowest BCUT2D eigenvalue weighted by Gasteiger charge is -2.02. The number of nitrogens with zero attached hydrogens (tertiary/aromatic N) is 1. The largest absolute Gasteiger partial charge is 0.256 e. The molecule has 0 radical (unpaired) electrons. The summed E-state index contributed by atoms with van der Waals surface area (Å²) in [6.45, 7) is 0. The average molecular weight is 199 g/mol. The van der Waals surface area contributed by atoms with Crippen molar-refractivity contribution in [3.63, 3.8) is 0 Å². The van der Waals surface area contributed by atoms with Crippen molar-refractivity contribution in [2.75, 3.05) is 0 Å². The third-order valence-electron chi connectivity index (χ3n) is 2.01. The van der Waals surface area contributed by atoms with Crippen molar-refractivity contribution in [2.24, 2.45) is 0 Å². The second kappa shape index (κ2) is 4.11. The van der Waals surface area contributed by atoms with Crippen LogP contribution >= 0.6 is 12.2 Å². The molecular weight excluding hydrogens is 190 g/mol. The third kappa shape index (κ3) is 1.70. The Balaban J connectivity index is 2.57. The van der Waals surface area contributed by atoms with E-state index in [9.17, 15) is 0 Å². The molecule has 0 saturated heterocycles. The number of hydrogen-bond donors (Lipinski definition) is 0. The Morgan fingerprint density at radius 2 is 1.79 bits per heavy atom. The molecule has 2 rings (SSSR count). The zero-order valence-electron chi connectivity index (χ0n) is 7.55. The van der Waals surface area contributed by atoms with Gasteiger partial charge in [-0.1, -0.05) is 48.6 Å². The molecule has 2 heteroatoms. The molecule has 0 bridgehead atoms. The van der Waals surface area contributed by atoms with Crippen LogP contribution in [-0.4, -0.2) is 10.4 Å². The Hall–Kier alpha value is -1.54. The Labute approximate surface area is 88.4 Å². The third-order valence-corrected chi connectivity index (χ3v) is 2.27. The van der Waals surface area contributed by atoms with Crippen LogP contribution in [0.2, 0.25) is 0 Å². The molecule has 2 aromatic rings. The highest BCUT2D eigenvalue weighted by Crippen LogP contribution is 2.19. The molecule has 0 spiro atoms. The second-order valence-electron chi connectivity index (χ2n) is 2.93. The Morgan fingerprint density at radius 3 is 2.50 bits per heavy atom. The summed E-state index contributed by atoms with van der Waals surface area (Å²) in [5.74, 6) is 0. The molecule has 0 saturated carbocycles. The van der Waals surface area contributed by atoms with Gasteiger partial charge in [-0.25, -0.2) is 0 Å². The number of rotatable bonds is 2. The van der Waals surface area contributed by atoms with E-state index in [1.165, 1.54) is 0 Å².